The van der Waals surface area contributed by atoms with Gasteiger partial charge in [-0.1, -0.05) is 48.0 Å². The van der Waals surface area contributed by atoms with Crippen LogP contribution in [0.2, 0.25) is 0 Å². The number of anilines is 2. The van der Waals surface area contributed by atoms with Crippen molar-refractivity contribution in [2.24, 2.45) is 0 Å². The van der Waals surface area contributed by atoms with Gasteiger partial charge in [0.25, 0.3) is 0 Å². The Morgan fingerprint density at radius 2 is 1.96 bits per heavy atom. The number of carbonyl (C=O) groups excluding carboxylic acids is 1. The lowest BCUT2D eigenvalue weighted by atomic mass is 10.1. The normalized spacial score (nSPS) is 16.8. The van der Waals surface area contributed by atoms with Crippen molar-refractivity contribution in [2.45, 2.75) is 19.4 Å². The van der Waals surface area contributed by atoms with Crippen molar-refractivity contribution in [3.63, 3.8) is 0 Å². The van der Waals surface area contributed by atoms with Crippen molar-refractivity contribution in [3.05, 3.63) is 65.5 Å². The average Bonchev–Trinajstić information content (AvgIpc) is 3.33. The molecule has 0 radical (unpaired) electrons. The minimum atomic E-state index is -0.00910. The maximum absolute atomic E-state index is 12.4. The topological polar surface area (TPSA) is 57.3 Å². The van der Waals surface area contributed by atoms with E-state index in [0.29, 0.717) is 17.7 Å². The van der Waals surface area contributed by atoms with E-state index in [9.17, 15) is 4.79 Å². The number of hydrogen-bond acceptors (Lipinski definition) is 5. The van der Waals surface area contributed by atoms with E-state index in [1.165, 1.54) is 16.9 Å². The number of aryl methyl sites for hydroxylation is 1. The van der Waals surface area contributed by atoms with Crippen molar-refractivity contribution in [2.75, 3.05) is 30.3 Å². The van der Waals surface area contributed by atoms with Gasteiger partial charge in [-0.25, -0.2) is 4.98 Å². The Hall–Kier alpha value is -2.70. The Balaban J connectivity index is 1.27. The van der Waals surface area contributed by atoms with E-state index >= 15 is 0 Å². The molecule has 1 atom stereocenters. The van der Waals surface area contributed by atoms with E-state index in [2.05, 4.69) is 63.8 Å². The SMILES string of the molecule is Cc1ccc(-c2csc(NC(=O)CN3CCC(Nc4ccccc4)C3)n2)cc1. The summed E-state index contributed by atoms with van der Waals surface area (Å²) < 4.78 is 0. The van der Waals surface area contributed by atoms with Gasteiger partial charge in [0.2, 0.25) is 5.91 Å². The number of rotatable bonds is 6. The van der Waals surface area contributed by atoms with Gasteiger partial charge in [-0.05, 0) is 25.5 Å². The van der Waals surface area contributed by atoms with Crippen LogP contribution in [0.15, 0.2) is 60.0 Å². The van der Waals surface area contributed by atoms with Gasteiger partial charge in [0.05, 0.1) is 12.2 Å². The first-order chi connectivity index (χ1) is 13.7. The number of nitrogens with one attached hydrogen (secondary N) is 2. The van der Waals surface area contributed by atoms with Gasteiger partial charge in [0, 0.05) is 35.8 Å². The van der Waals surface area contributed by atoms with Crippen LogP contribution in [-0.2, 0) is 4.79 Å². The van der Waals surface area contributed by atoms with Gasteiger partial charge in [-0.15, -0.1) is 11.3 Å². The number of amides is 1. The molecule has 1 fully saturated rings. The third kappa shape index (κ3) is 4.77. The zero-order chi connectivity index (χ0) is 19.3. The highest BCUT2D eigenvalue weighted by Gasteiger charge is 2.24. The molecular weight excluding hydrogens is 368 g/mol. The van der Waals surface area contributed by atoms with E-state index in [4.69, 9.17) is 0 Å². The number of thiazole rings is 1. The summed E-state index contributed by atoms with van der Waals surface area (Å²) in [5.74, 6) is -0.00910. The highest BCUT2D eigenvalue weighted by atomic mass is 32.1. The van der Waals surface area contributed by atoms with Gasteiger partial charge in [-0.2, -0.15) is 0 Å². The van der Waals surface area contributed by atoms with Crippen molar-refractivity contribution >= 4 is 28.1 Å². The van der Waals surface area contributed by atoms with Crippen molar-refractivity contribution in [3.8, 4) is 11.3 Å². The predicted molar refractivity (Wildman–Crippen MR) is 116 cm³/mol. The number of hydrogen-bond donors (Lipinski definition) is 2. The van der Waals surface area contributed by atoms with Crippen molar-refractivity contribution < 1.29 is 4.79 Å². The smallest absolute Gasteiger partial charge is 0.240 e. The molecule has 1 amide bonds. The van der Waals surface area contributed by atoms with Crippen LogP contribution in [0.4, 0.5) is 10.8 Å². The second-order valence-electron chi connectivity index (χ2n) is 7.18. The zero-order valence-corrected chi connectivity index (χ0v) is 16.7. The van der Waals surface area contributed by atoms with E-state index in [1.807, 2.05) is 23.6 Å². The molecule has 0 spiro atoms. The number of aromatic nitrogens is 1. The minimum Gasteiger partial charge on any atom is -0.381 e. The summed E-state index contributed by atoms with van der Waals surface area (Å²) in [7, 11) is 0. The molecule has 1 unspecified atom stereocenters. The van der Waals surface area contributed by atoms with Crippen LogP contribution in [0.5, 0.6) is 0 Å². The molecule has 6 heteroatoms. The first-order valence-electron chi connectivity index (χ1n) is 9.52. The lowest BCUT2D eigenvalue weighted by Crippen LogP contribution is -2.33. The molecule has 144 valence electrons. The number of nitrogens with zero attached hydrogens (tertiary/aromatic N) is 2. The van der Waals surface area contributed by atoms with Gasteiger partial charge in [-0.3, -0.25) is 9.69 Å². The molecule has 2 aromatic carbocycles. The summed E-state index contributed by atoms with van der Waals surface area (Å²) in [4.78, 5) is 19.2. The maximum Gasteiger partial charge on any atom is 0.240 e. The molecule has 5 nitrogen and oxygen atoms in total. The first kappa shape index (κ1) is 18.7. The molecular formula is C22H24N4OS. The number of likely N-dealkylation sites (tertiary alicyclic amines) is 1. The monoisotopic (exact) mass is 392 g/mol. The van der Waals surface area contributed by atoms with Crippen molar-refractivity contribution in [1.29, 1.82) is 0 Å². The molecule has 3 aromatic rings. The molecule has 4 rings (SSSR count). The molecule has 2 heterocycles. The lowest BCUT2D eigenvalue weighted by molar-refractivity contribution is -0.117. The summed E-state index contributed by atoms with van der Waals surface area (Å²) in [6.07, 6.45) is 1.04. The van der Waals surface area contributed by atoms with Crippen LogP contribution >= 0.6 is 11.3 Å². The molecule has 2 N–H and O–H groups in total. The summed E-state index contributed by atoms with van der Waals surface area (Å²) in [5.41, 5.74) is 4.31. The molecule has 28 heavy (non-hydrogen) atoms. The second kappa shape index (κ2) is 8.54. The summed E-state index contributed by atoms with van der Waals surface area (Å²) >= 11 is 1.46. The number of para-hydroxylation sites is 1. The summed E-state index contributed by atoms with van der Waals surface area (Å²) in [6, 6.07) is 18.8. The van der Waals surface area contributed by atoms with Gasteiger partial charge in [0.15, 0.2) is 5.13 Å². The van der Waals surface area contributed by atoms with E-state index in [1.54, 1.807) is 0 Å². The second-order valence-corrected chi connectivity index (χ2v) is 8.04. The average molecular weight is 393 g/mol. The Morgan fingerprint density at radius 1 is 1.18 bits per heavy atom. The zero-order valence-electron chi connectivity index (χ0n) is 15.9. The van der Waals surface area contributed by atoms with Crippen LogP contribution < -0.4 is 10.6 Å². The van der Waals surface area contributed by atoms with Gasteiger partial charge >= 0.3 is 0 Å². The standard InChI is InChI=1S/C22H24N4OS/c1-16-7-9-17(10-8-16)20-15-28-22(24-20)25-21(27)14-26-12-11-19(13-26)23-18-5-3-2-4-6-18/h2-10,15,19,23H,11-14H2,1H3,(H,24,25,27). The summed E-state index contributed by atoms with van der Waals surface area (Å²) in [6.45, 7) is 4.25. The van der Waals surface area contributed by atoms with E-state index < -0.39 is 0 Å². The fourth-order valence-corrected chi connectivity index (χ4v) is 4.15. The Kier molecular flexibility index (Phi) is 5.69. The van der Waals surface area contributed by atoms with E-state index in [0.717, 1.165) is 36.5 Å². The number of carbonyl (C=O) groups is 1. The van der Waals surface area contributed by atoms with Crippen LogP contribution in [0.25, 0.3) is 11.3 Å². The van der Waals surface area contributed by atoms with Crippen LogP contribution in [0, 0.1) is 6.92 Å². The molecule has 1 saturated heterocycles. The van der Waals surface area contributed by atoms with Gasteiger partial charge < -0.3 is 10.6 Å². The predicted octanol–water partition coefficient (Wildman–Crippen LogP) is 4.24. The Bertz CT molecular complexity index is 923. The van der Waals surface area contributed by atoms with Crippen LogP contribution in [0.3, 0.4) is 0 Å². The molecule has 1 aliphatic heterocycles. The third-order valence-electron chi connectivity index (χ3n) is 4.88. The Morgan fingerprint density at radius 3 is 2.75 bits per heavy atom. The molecule has 1 aliphatic rings. The first-order valence-corrected chi connectivity index (χ1v) is 10.4. The molecule has 1 aromatic heterocycles. The molecule has 0 bridgehead atoms. The van der Waals surface area contributed by atoms with Crippen LogP contribution in [-0.4, -0.2) is 41.5 Å². The minimum absolute atomic E-state index is 0.00910. The fourth-order valence-electron chi connectivity index (χ4n) is 3.41. The largest absolute Gasteiger partial charge is 0.381 e. The molecule has 0 saturated carbocycles. The number of benzene rings is 2. The van der Waals surface area contributed by atoms with Crippen molar-refractivity contribution in [1.82, 2.24) is 9.88 Å². The highest BCUT2D eigenvalue weighted by Crippen LogP contribution is 2.25. The third-order valence-corrected chi connectivity index (χ3v) is 5.64. The molecule has 0 aliphatic carbocycles. The lowest BCUT2D eigenvalue weighted by Gasteiger charge is -2.16. The quantitative estimate of drug-likeness (QED) is 0.659. The summed E-state index contributed by atoms with van der Waals surface area (Å²) in [5, 5.41) is 9.11. The van der Waals surface area contributed by atoms with Gasteiger partial charge in [0.1, 0.15) is 0 Å². The highest BCUT2D eigenvalue weighted by molar-refractivity contribution is 7.14. The maximum atomic E-state index is 12.4. The van der Waals surface area contributed by atoms with Crippen LogP contribution in [0.1, 0.15) is 12.0 Å². The Labute approximate surface area is 169 Å². The van der Waals surface area contributed by atoms with E-state index in [-0.39, 0.29) is 5.91 Å². The fraction of sp³-hybridized carbons (Fsp3) is 0.273.